The Bertz CT molecular complexity index is 58.4. The Hall–Kier alpha value is 0. The van der Waals surface area contributed by atoms with E-state index in [0.717, 1.165) is 11.8 Å². The van der Waals surface area contributed by atoms with Gasteiger partial charge in [-0.3, -0.25) is 0 Å². The Morgan fingerprint density at radius 3 is 2.50 bits per heavy atom. The lowest BCUT2D eigenvalue weighted by molar-refractivity contribution is 0.449. The van der Waals surface area contributed by atoms with E-state index >= 15 is 0 Å². The maximum absolute atomic E-state index is 2.48. The first-order chi connectivity index (χ1) is 3.80. The highest BCUT2D eigenvalue weighted by atomic mass is 14.2. The molecule has 1 rings (SSSR count). The van der Waals surface area contributed by atoms with Gasteiger partial charge in [0.25, 0.3) is 0 Å². The van der Waals surface area contributed by atoms with Crippen LogP contribution in [0.4, 0.5) is 0 Å². The first-order valence-electron chi connectivity index (χ1n) is 3.64. The van der Waals surface area contributed by atoms with Gasteiger partial charge in [-0.05, 0) is 31.1 Å². The highest BCUT2D eigenvalue weighted by Crippen LogP contribution is 2.29. The largest absolute Gasteiger partial charge is 0.0625 e. The monoisotopic (exact) mass is 111 g/mol. The Morgan fingerprint density at radius 2 is 2.25 bits per heavy atom. The summed E-state index contributed by atoms with van der Waals surface area (Å²) >= 11 is 0. The minimum Gasteiger partial charge on any atom is -0.0625 e. The van der Waals surface area contributed by atoms with Gasteiger partial charge in [0.1, 0.15) is 0 Å². The highest BCUT2D eigenvalue weighted by Gasteiger charge is 2.17. The standard InChI is InChI=1S/C8H15/c1-7(2)8-5-3-4-6-8/h5,7-8H,3-4,6H2,1-2H3. The molecule has 0 heterocycles. The second-order valence-electron chi connectivity index (χ2n) is 3.07. The van der Waals surface area contributed by atoms with Crippen LogP contribution in [0.1, 0.15) is 33.1 Å². The smallest absolute Gasteiger partial charge is 0.0352 e. The van der Waals surface area contributed by atoms with Crippen LogP contribution in [-0.4, -0.2) is 0 Å². The molecule has 0 aromatic rings. The summed E-state index contributed by atoms with van der Waals surface area (Å²) in [7, 11) is 0. The Balaban J connectivity index is 2.24. The minimum absolute atomic E-state index is 0.887. The van der Waals surface area contributed by atoms with Crippen LogP contribution in [0.25, 0.3) is 0 Å². The average molecular weight is 111 g/mol. The maximum Gasteiger partial charge on any atom is -0.0352 e. The molecule has 1 aliphatic carbocycles. The van der Waals surface area contributed by atoms with Gasteiger partial charge in [-0.2, -0.15) is 0 Å². The summed E-state index contributed by atoms with van der Waals surface area (Å²) in [6.07, 6.45) is 6.72. The molecule has 0 spiro atoms. The molecule has 0 aromatic heterocycles. The molecular weight excluding hydrogens is 96.1 g/mol. The molecule has 1 fully saturated rings. The van der Waals surface area contributed by atoms with E-state index in [0.29, 0.717) is 0 Å². The topological polar surface area (TPSA) is 0 Å². The van der Waals surface area contributed by atoms with Crippen molar-refractivity contribution in [3.05, 3.63) is 6.42 Å². The van der Waals surface area contributed by atoms with E-state index < -0.39 is 0 Å². The molecule has 1 atom stereocenters. The van der Waals surface area contributed by atoms with Crippen LogP contribution in [0.2, 0.25) is 0 Å². The molecule has 1 saturated carbocycles. The Kier molecular flexibility index (Phi) is 1.93. The number of rotatable bonds is 1. The minimum atomic E-state index is 0.887. The van der Waals surface area contributed by atoms with E-state index in [4.69, 9.17) is 0 Å². The quantitative estimate of drug-likeness (QED) is 0.488. The SMILES string of the molecule is CC(C)C1[CH]CCC1. The summed E-state index contributed by atoms with van der Waals surface area (Å²) in [5.74, 6) is 1.83. The zero-order valence-corrected chi connectivity index (χ0v) is 5.85. The third-order valence-corrected chi connectivity index (χ3v) is 2.07. The normalized spacial score (nSPS) is 22.9. The first-order valence-corrected chi connectivity index (χ1v) is 3.64. The third kappa shape index (κ3) is 1.24. The van der Waals surface area contributed by atoms with Gasteiger partial charge in [-0.1, -0.05) is 20.3 Å². The molecule has 1 radical (unpaired) electrons. The maximum atomic E-state index is 2.48. The summed E-state index contributed by atoms with van der Waals surface area (Å²) in [6, 6.07) is 0. The van der Waals surface area contributed by atoms with Crippen molar-refractivity contribution in [2.75, 3.05) is 0 Å². The van der Waals surface area contributed by atoms with Crippen molar-refractivity contribution < 1.29 is 0 Å². The van der Waals surface area contributed by atoms with Gasteiger partial charge >= 0.3 is 0 Å². The lowest BCUT2D eigenvalue weighted by Gasteiger charge is -2.11. The van der Waals surface area contributed by atoms with Crippen molar-refractivity contribution in [1.82, 2.24) is 0 Å². The van der Waals surface area contributed by atoms with Crippen LogP contribution in [0.15, 0.2) is 0 Å². The van der Waals surface area contributed by atoms with Crippen molar-refractivity contribution in [3.63, 3.8) is 0 Å². The molecule has 0 amide bonds. The van der Waals surface area contributed by atoms with E-state index in [1.165, 1.54) is 19.3 Å². The summed E-state index contributed by atoms with van der Waals surface area (Å²) in [4.78, 5) is 0. The summed E-state index contributed by atoms with van der Waals surface area (Å²) in [6.45, 7) is 4.62. The van der Waals surface area contributed by atoms with Crippen molar-refractivity contribution >= 4 is 0 Å². The second kappa shape index (κ2) is 2.52. The first kappa shape index (κ1) is 6.12. The van der Waals surface area contributed by atoms with Gasteiger partial charge in [0.2, 0.25) is 0 Å². The predicted molar refractivity (Wildman–Crippen MR) is 36.5 cm³/mol. The molecule has 1 unspecified atom stereocenters. The summed E-state index contributed by atoms with van der Waals surface area (Å²) in [5.41, 5.74) is 0. The molecule has 0 heteroatoms. The van der Waals surface area contributed by atoms with Crippen LogP contribution in [0, 0.1) is 18.3 Å². The van der Waals surface area contributed by atoms with Crippen LogP contribution < -0.4 is 0 Å². The lowest BCUT2D eigenvalue weighted by atomic mass is 9.95. The zero-order valence-electron chi connectivity index (χ0n) is 5.85. The number of hydrogen-bond acceptors (Lipinski definition) is 0. The van der Waals surface area contributed by atoms with Crippen LogP contribution >= 0.6 is 0 Å². The Labute approximate surface area is 52.3 Å². The summed E-state index contributed by atoms with van der Waals surface area (Å²) < 4.78 is 0. The van der Waals surface area contributed by atoms with Gasteiger partial charge in [0.15, 0.2) is 0 Å². The second-order valence-corrected chi connectivity index (χ2v) is 3.07. The van der Waals surface area contributed by atoms with Crippen molar-refractivity contribution in [3.8, 4) is 0 Å². The predicted octanol–water partition coefficient (Wildman–Crippen LogP) is 2.65. The molecule has 0 nitrogen and oxygen atoms in total. The Morgan fingerprint density at radius 1 is 1.50 bits per heavy atom. The number of hydrogen-bond donors (Lipinski definition) is 0. The molecule has 0 saturated heterocycles. The lowest BCUT2D eigenvalue weighted by Crippen LogP contribution is -2.02. The van der Waals surface area contributed by atoms with E-state index in [1.54, 1.807) is 0 Å². The van der Waals surface area contributed by atoms with Crippen LogP contribution in [0.3, 0.4) is 0 Å². The molecule has 0 aromatic carbocycles. The van der Waals surface area contributed by atoms with Gasteiger partial charge in [0, 0.05) is 0 Å². The van der Waals surface area contributed by atoms with E-state index in [2.05, 4.69) is 20.3 Å². The van der Waals surface area contributed by atoms with Gasteiger partial charge in [-0.15, -0.1) is 0 Å². The fourth-order valence-electron chi connectivity index (χ4n) is 1.41. The van der Waals surface area contributed by atoms with Crippen LogP contribution in [0.5, 0.6) is 0 Å². The fourth-order valence-corrected chi connectivity index (χ4v) is 1.41. The van der Waals surface area contributed by atoms with E-state index in [-0.39, 0.29) is 0 Å². The molecule has 0 aliphatic heterocycles. The summed E-state index contributed by atoms with van der Waals surface area (Å²) in [5, 5.41) is 0. The molecule has 8 heavy (non-hydrogen) atoms. The van der Waals surface area contributed by atoms with Crippen molar-refractivity contribution in [2.45, 2.75) is 33.1 Å². The van der Waals surface area contributed by atoms with E-state index in [1.807, 2.05) is 0 Å². The third-order valence-electron chi connectivity index (χ3n) is 2.07. The molecule has 0 N–H and O–H groups in total. The molecule has 1 aliphatic rings. The molecule has 47 valence electrons. The molecular formula is C8H15. The van der Waals surface area contributed by atoms with Gasteiger partial charge in [0.05, 0.1) is 0 Å². The zero-order chi connectivity index (χ0) is 5.98. The van der Waals surface area contributed by atoms with Crippen molar-refractivity contribution in [1.29, 1.82) is 0 Å². The highest BCUT2D eigenvalue weighted by molar-refractivity contribution is 4.84. The van der Waals surface area contributed by atoms with E-state index in [9.17, 15) is 0 Å². The van der Waals surface area contributed by atoms with Gasteiger partial charge in [-0.25, -0.2) is 0 Å². The fraction of sp³-hybridized carbons (Fsp3) is 0.875. The van der Waals surface area contributed by atoms with Crippen LogP contribution in [-0.2, 0) is 0 Å². The van der Waals surface area contributed by atoms with Gasteiger partial charge < -0.3 is 0 Å². The average Bonchev–Trinajstić information content (AvgIpc) is 2.12. The van der Waals surface area contributed by atoms with Crippen molar-refractivity contribution in [2.24, 2.45) is 11.8 Å². The molecule has 0 bridgehead atoms.